The third kappa shape index (κ3) is 3.91. The van der Waals surface area contributed by atoms with Crippen LogP contribution in [0.3, 0.4) is 0 Å². The number of nitrogens with zero attached hydrogens (tertiary/aromatic N) is 2. The van der Waals surface area contributed by atoms with Gasteiger partial charge in [0.2, 0.25) is 0 Å². The quantitative estimate of drug-likeness (QED) is 0.772. The molecule has 1 aromatic rings. The van der Waals surface area contributed by atoms with Crippen LogP contribution in [0, 0.1) is 0 Å². The number of aliphatic imine (C=N–C) groups is 2. The van der Waals surface area contributed by atoms with E-state index in [1.165, 1.54) is 0 Å². The lowest BCUT2D eigenvalue weighted by Crippen LogP contribution is -2.44. The Morgan fingerprint density at radius 1 is 1.21 bits per heavy atom. The van der Waals surface area contributed by atoms with Crippen LogP contribution in [0.2, 0.25) is 0 Å². The SMILES string of the molecule is C=Cc1ccc(COC2=CC=C(C3=NC(N)N=C(N)N3)CC2)cc1. The maximum absolute atomic E-state index is 5.88. The van der Waals surface area contributed by atoms with Gasteiger partial charge in [-0.1, -0.05) is 43.0 Å². The van der Waals surface area contributed by atoms with Crippen molar-refractivity contribution in [2.75, 3.05) is 0 Å². The first kappa shape index (κ1) is 16.0. The lowest BCUT2D eigenvalue weighted by atomic mass is 10.0. The van der Waals surface area contributed by atoms with Gasteiger partial charge in [-0.25, -0.2) is 9.98 Å². The summed E-state index contributed by atoms with van der Waals surface area (Å²) in [6.45, 7) is 4.30. The molecule has 0 amide bonds. The summed E-state index contributed by atoms with van der Waals surface area (Å²) in [5.74, 6) is 1.93. The maximum Gasteiger partial charge on any atom is 0.197 e. The average Bonchev–Trinajstić information content (AvgIpc) is 2.60. The summed E-state index contributed by atoms with van der Waals surface area (Å²) in [4.78, 5) is 8.18. The Morgan fingerprint density at radius 2 is 2.00 bits per heavy atom. The summed E-state index contributed by atoms with van der Waals surface area (Å²) in [6.07, 6.45) is 6.76. The summed E-state index contributed by atoms with van der Waals surface area (Å²) < 4.78 is 5.88. The van der Waals surface area contributed by atoms with Gasteiger partial charge in [-0.2, -0.15) is 0 Å². The van der Waals surface area contributed by atoms with Crippen LogP contribution in [0.4, 0.5) is 0 Å². The van der Waals surface area contributed by atoms with Crippen LogP contribution in [0.5, 0.6) is 0 Å². The zero-order chi connectivity index (χ0) is 16.9. The fourth-order valence-electron chi connectivity index (χ4n) is 2.51. The van der Waals surface area contributed by atoms with E-state index in [-0.39, 0.29) is 0 Å². The number of hydrogen-bond acceptors (Lipinski definition) is 6. The van der Waals surface area contributed by atoms with Crippen molar-refractivity contribution >= 4 is 17.9 Å². The molecule has 1 atom stereocenters. The molecule has 24 heavy (non-hydrogen) atoms. The topological polar surface area (TPSA) is 98.0 Å². The fraction of sp³-hybridized carbons (Fsp3) is 0.222. The highest BCUT2D eigenvalue weighted by atomic mass is 16.5. The van der Waals surface area contributed by atoms with Crippen molar-refractivity contribution in [1.82, 2.24) is 5.32 Å². The summed E-state index contributed by atoms with van der Waals surface area (Å²) in [5, 5.41) is 2.95. The molecule has 2 aliphatic rings. The Hall–Kier alpha value is -2.86. The molecule has 1 aliphatic carbocycles. The van der Waals surface area contributed by atoms with Gasteiger partial charge in [0.15, 0.2) is 12.2 Å². The van der Waals surface area contributed by atoms with Gasteiger partial charge < -0.3 is 15.8 Å². The molecule has 6 nitrogen and oxygen atoms in total. The number of benzene rings is 1. The molecule has 1 aromatic carbocycles. The van der Waals surface area contributed by atoms with E-state index in [0.717, 1.165) is 35.3 Å². The van der Waals surface area contributed by atoms with Crippen molar-refractivity contribution < 1.29 is 4.74 Å². The van der Waals surface area contributed by atoms with E-state index in [2.05, 4.69) is 21.9 Å². The van der Waals surface area contributed by atoms with Crippen molar-refractivity contribution in [2.45, 2.75) is 25.7 Å². The fourth-order valence-corrected chi connectivity index (χ4v) is 2.51. The predicted octanol–water partition coefficient (Wildman–Crippen LogP) is 2.01. The minimum absolute atomic E-state index is 0.294. The molecule has 5 N–H and O–H groups in total. The molecule has 1 unspecified atom stereocenters. The van der Waals surface area contributed by atoms with E-state index in [0.29, 0.717) is 18.4 Å². The molecule has 0 fully saturated rings. The molecule has 0 saturated carbocycles. The van der Waals surface area contributed by atoms with E-state index >= 15 is 0 Å². The second-order valence-corrected chi connectivity index (χ2v) is 5.59. The molecule has 1 aliphatic heterocycles. The second kappa shape index (κ2) is 7.14. The second-order valence-electron chi connectivity index (χ2n) is 5.59. The summed E-state index contributed by atoms with van der Waals surface area (Å²) in [7, 11) is 0. The highest BCUT2D eigenvalue weighted by molar-refractivity contribution is 6.09. The van der Waals surface area contributed by atoms with Gasteiger partial charge in [0.1, 0.15) is 12.4 Å². The Kier molecular flexibility index (Phi) is 4.77. The third-order valence-electron chi connectivity index (χ3n) is 3.83. The molecule has 0 aromatic heterocycles. The van der Waals surface area contributed by atoms with Gasteiger partial charge in [-0.3, -0.25) is 5.73 Å². The number of rotatable bonds is 5. The Morgan fingerprint density at radius 3 is 2.62 bits per heavy atom. The first-order chi connectivity index (χ1) is 11.6. The third-order valence-corrected chi connectivity index (χ3v) is 3.83. The zero-order valence-electron chi connectivity index (χ0n) is 13.4. The van der Waals surface area contributed by atoms with E-state index < -0.39 is 6.29 Å². The lowest BCUT2D eigenvalue weighted by Gasteiger charge is -2.21. The number of guanidine groups is 1. The molecule has 0 saturated heterocycles. The van der Waals surface area contributed by atoms with Crippen molar-refractivity contribution in [1.29, 1.82) is 0 Å². The summed E-state index contributed by atoms with van der Waals surface area (Å²) >= 11 is 0. The maximum atomic E-state index is 5.88. The lowest BCUT2D eigenvalue weighted by molar-refractivity contribution is 0.188. The number of amidine groups is 1. The van der Waals surface area contributed by atoms with Crippen molar-refractivity contribution in [3.63, 3.8) is 0 Å². The van der Waals surface area contributed by atoms with Crippen LogP contribution >= 0.6 is 0 Å². The zero-order valence-corrected chi connectivity index (χ0v) is 13.4. The predicted molar refractivity (Wildman–Crippen MR) is 96.9 cm³/mol. The number of hydrogen-bond donors (Lipinski definition) is 3. The molecular formula is C18H21N5O. The average molecular weight is 323 g/mol. The Bertz CT molecular complexity index is 743. The van der Waals surface area contributed by atoms with Crippen molar-refractivity contribution in [3.05, 3.63) is 65.5 Å². The van der Waals surface area contributed by atoms with Crippen LogP contribution in [0.15, 0.2) is 64.3 Å². The normalized spacial score (nSPS) is 20.1. The standard InChI is InChI=1S/C18H21N5O/c1-2-12-3-5-13(6-4-12)11-24-15-9-7-14(8-10-15)16-21-17(19)23-18(20)22-16/h2-7,9,17H,1,8,10-11,19H2,(H3,20,21,22,23). The monoisotopic (exact) mass is 323 g/mol. The van der Waals surface area contributed by atoms with Gasteiger partial charge in [0.25, 0.3) is 0 Å². The molecular weight excluding hydrogens is 302 g/mol. The number of allylic oxidation sites excluding steroid dienone is 3. The van der Waals surface area contributed by atoms with Gasteiger partial charge in [0.05, 0.1) is 5.76 Å². The Labute approximate surface area is 141 Å². The molecule has 6 heteroatoms. The highest BCUT2D eigenvalue weighted by Gasteiger charge is 2.17. The van der Waals surface area contributed by atoms with Crippen LogP contribution < -0.4 is 16.8 Å². The molecule has 3 rings (SSSR count). The van der Waals surface area contributed by atoms with Crippen LogP contribution in [-0.4, -0.2) is 18.1 Å². The first-order valence-electron chi connectivity index (χ1n) is 7.82. The van der Waals surface area contributed by atoms with Crippen molar-refractivity contribution in [3.8, 4) is 0 Å². The molecule has 124 valence electrons. The first-order valence-corrected chi connectivity index (χ1v) is 7.82. The van der Waals surface area contributed by atoms with Gasteiger partial charge in [-0.05, 0) is 29.2 Å². The molecule has 1 heterocycles. The van der Waals surface area contributed by atoms with E-state index in [9.17, 15) is 0 Å². The minimum Gasteiger partial charge on any atom is -0.493 e. The molecule has 0 radical (unpaired) electrons. The van der Waals surface area contributed by atoms with Crippen LogP contribution in [-0.2, 0) is 11.3 Å². The highest BCUT2D eigenvalue weighted by Crippen LogP contribution is 2.22. The van der Waals surface area contributed by atoms with Gasteiger partial charge >= 0.3 is 0 Å². The Balaban J connectivity index is 1.60. The van der Waals surface area contributed by atoms with E-state index in [4.69, 9.17) is 16.2 Å². The van der Waals surface area contributed by atoms with Crippen LogP contribution in [0.25, 0.3) is 6.08 Å². The minimum atomic E-state index is -0.637. The van der Waals surface area contributed by atoms with Crippen LogP contribution in [0.1, 0.15) is 24.0 Å². The number of ether oxygens (including phenoxy) is 1. The van der Waals surface area contributed by atoms with E-state index in [1.807, 2.05) is 42.5 Å². The van der Waals surface area contributed by atoms with Gasteiger partial charge in [-0.15, -0.1) is 0 Å². The molecule has 0 bridgehead atoms. The van der Waals surface area contributed by atoms with Gasteiger partial charge in [0, 0.05) is 6.42 Å². The molecule has 0 spiro atoms. The largest absolute Gasteiger partial charge is 0.493 e. The van der Waals surface area contributed by atoms with E-state index in [1.54, 1.807) is 0 Å². The number of nitrogens with one attached hydrogen (secondary N) is 1. The smallest absolute Gasteiger partial charge is 0.197 e. The summed E-state index contributed by atoms with van der Waals surface area (Å²) in [5.41, 5.74) is 14.7. The summed E-state index contributed by atoms with van der Waals surface area (Å²) in [6, 6.07) is 8.15. The van der Waals surface area contributed by atoms with Crippen molar-refractivity contribution in [2.24, 2.45) is 21.5 Å². The number of nitrogens with two attached hydrogens (primary N) is 2.